The van der Waals surface area contributed by atoms with Gasteiger partial charge in [0.15, 0.2) is 0 Å². The van der Waals surface area contributed by atoms with Gasteiger partial charge < -0.3 is 19.6 Å². The molecule has 0 N–H and O–H groups in total. The third-order valence-electron chi connectivity index (χ3n) is 20.1. The topological polar surface area (TPSA) is 13.0 Å². The lowest BCUT2D eigenvalue weighted by Gasteiger charge is -2.46. The number of anilines is 12. The summed E-state index contributed by atoms with van der Waals surface area (Å²) in [6.07, 6.45) is 4.32. The Bertz CT molecular complexity index is 3690. The summed E-state index contributed by atoms with van der Waals surface area (Å²) >= 11 is 0. The van der Waals surface area contributed by atoms with Gasteiger partial charge in [0, 0.05) is 45.5 Å². The van der Waals surface area contributed by atoms with Crippen LogP contribution in [0.4, 0.5) is 68.2 Å². The average molecular weight is 1130 g/mol. The molecule has 11 rings (SSSR count). The summed E-state index contributed by atoms with van der Waals surface area (Å²) in [4.78, 5) is 10.5. The average Bonchev–Trinajstić information content (AvgIpc) is 0.695. The van der Waals surface area contributed by atoms with Gasteiger partial charge in [-0.15, -0.1) is 0 Å². The van der Waals surface area contributed by atoms with Crippen molar-refractivity contribution in [2.45, 2.75) is 182 Å². The van der Waals surface area contributed by atoms with Crippen molar-refractivity contribution >= 4 is 91.3 Å². The molecule has 2 aliphatic rings. The summed E-state index contributed by atoms with van der Waals surface area (Å²) in [5.74, 6) is 0. The highest BCUT2D eigenvalue weighted by atomic mass is 15.2. The summed E-state index contributed by atoms with van der Waals surface area (Å²) < 4.78 is 0. The second kappa shape index (κ2) is 22.5. The Balaban J connectivity index is 1.29. The third kappa shape index (κ3) is 10.3. The van der Waals surface area contributed by atoms with Crippen LogP contribution < -0.4 is 36.0 Å². The molecule has 0 atom stereocenters. The number of hydrogen-bond acceptors (Lipinski definition) is 4. The van der Waals surface area contributed by atoms with E-state index in [4.69, 9.17) is 0 Å². The Labute approximate surface area is 518 Å². The molecule has 0 spiro atoms. The molecule has 2 heterocycles. The van der Waals surface area contributed by atoms with Crippen molar-refractivity contribution in [2.75, 3.05) is 19.6 Å². The molecule has 0 bridgehead atoms. The van der Waals surface area contributed by atoms with E-state index in [0.717, 1.165) is 25.7 Å². The molecule has 9 aromatic rings. The third-order valence-corrected chi connectivity index (χ3v) is 20.1. The second-order valence-electron chi connectivity index (χ2n) is 27.2. The lowest BCUT2D eigenvalue weighted by atomic mass is 9.33. The van der Waals surface area contributed by atoms with Crippen molar-refractivity contribution in [2.24, 2.45) is 0 Å². The predicted molar refractivity (Wildman–Crippen MR) is 377 cm³/mol. The number of benzene rings is 9. The van der Waals surface area contributed by atoms with Crippen molar-refractivity contribution in [1.29, 1.82) is 0 Å². The van der Waals surface area contributed by atoms with Crippen LogP contribution in [0, 0.1) is 104 Å². The van der Waals surface area contributed by atoms with E-state index < -0.39 is 0 Å². The standard InChI is InChI=1S/C81H93BN4/c1-22-80(20,23-2)63-40-59(16)78(60(17)41-63)85-73-46-71(83(65-30-48(5)26-49(6)31-65)66-32-50(7)27-51(8)33-66)57(14)44-69(73)82-70-45-58(15)72(84(67-34-52(9)28-53(10)35-67)68-36-54(11)29-55(12)37-68)47-74(70)86(76-39-56(13)38-75(85)77(76)82)79-61(18)42-64(43-62(79)19)81(21,24-3)25-4/h26-47H,22-25H2,1-21H3. The van der Waals surface area contributed by atoms with Crippen molar-refractivity contribution in [3.8, 4) is 0 Å². The SMILES string of the molecule is CCC(C)(CC)c1cc(C)c(N2c3cc(N(c4cc(C)cc(C)c4)c4cc(C)cc(C)c4)c(C)cc3B3c4cc(C)c(N(c5cc(C)cc(C)c5)c5cc(C)cc(C)c5)cc4N(c4c(C)cc(C(C)(CC)CC)cc4C)c4cc(C)cc2c43)c(C)c1. The summed E-state index contributed by atoms with van der Waals surface area (Å²) in [6.45, 7) is 48.6. The first-order chi connectivity index (χ1) is 40.8. The molecule has 0 amide bonds. The fourth-order valence-corrected chi connectivity index (χ4v) is 15.2. The molecule has 0 unspecified atom stereocenters. The molecule has 0 saturated carbocycles. The van der Waals surface area contributed by atoms with Gasteiger partial charge >= 0.3 is 0 Å². The minimum atomic E-state index is -0.0999. The van der Waals surface area contributed by atoms with Crippen LogP contribution in [-0.2, 0) is 10.8 Å². The van der Waals surface area contributed by atoms with Gasteiger partial charge in [0.25, 0.3) is 6.71 Å². The zero-order valence-corrected chi connectivity index (χ0v) is 55.9. The lowest BCUT2D eigenvalue weighted by Crippen LogP contribution is -2.61. The van der Waals surface area contributed by atoms with Crippen LogP contribution in [-0.4, -0.2) is 6.71 Å². The molecular weight excluding hydrogens is 1040 g/mol. The van der Waals surface area contributed by atoms with E-state index in [9.17, 15) is 0 Å². The van der Waals surface area contributed by atoms with E-state index in [1.165, 1.54) is 179 Å². The van der Waals surface area contributed by atoms with E-state index >= 15 is 0 Å². The van der Waals surface area contributed by atoms with E-state index in [2.05, 4.69) is 298 Å². The van der Waals surface area contributed by atoms with Crippen LogP contribution in [0.25, 0.3) is 0 Å². The molecule has 4 nitrogen and oxygen atoms in total. The maximum Gasteiger partial charge on any atom is 0.252 e. The molecule has 86 heavy (non-hydrogen) atoms. The predicted octanol–water partition coefficient (Wildman–Crippen LogP) is 21.5. The molecule has 0 radical (unpaired) electrons. The highest BCUT2D eigenvalue weighted by Gasteiger charge is 2.46. The van der Waals surface area contributed by atoms with Gasteiger partial charge in [-0.3, -0.25) is 0 Å². The normalized spacial score (nSPS) is 12.8. The number of aryl methyl sites for hydroxylation is 15. The first-order valence-corrected chi connectivity index (χ1v) is 32.0. The van der Waals surface area contributed by atoms with E-state index in [1.807, 2.05) is 0 Å². The molecule has 2 aliphatic heterocycles. The maximum absolute atomic E-state index is 2.70. The Morgan fingerprint density at radius 2 is 0.558 bits per heavy atom. The van der Waals surface area contributed by atoms with Crippen LogP contribution in [0.2, 0.25) is 0 Å². The molecule has 0 aliphatic carbocycles. The highest BCUT2D eigenvalue weighted by molar-refractivity contribution is 7.00. The quantitative estimate of drug-likeness (QED) is 0.101. The van der Waals surface area contributed by atoms with E-state index in [0.29, 0.717) is 0 Å². The molecule has 440 valence electrons. The number of rotatable bonds is 14. The van der Waals surface area contributed by atoms with Gasteiger partial charge in [0.05, 0.1) is 22.7 Å². The van der Waals surface area contributed by atoms with Gasteiger partial charge in [-0.25, -0.2) is 0 Å². The molecule has 5 heteroatoms. The van der Waals surface area contributed by atoms with Gasteiger partial charge in [-0.1, -0.05) is 102 Å². The minimum Gasteiger partial charge on any atom is -0.311 e. The van der Waals surface area contributed by atoms with Gasteiger partial charge in [0.1, 0.15) is 0 Å². The zero-order valence-electron chi connectivity index (χ0n) is 55.9. The van der Waals surface area contributed by atoms with Gasteiger partial charge in [-0.05, 0) is 324 Å². The smallest absolute Gasteiger partial charge is 0.252 e. The van der Waals surface area contributed by atoms with Crippen molar-refractivity contribution in [3.05, 3.63) is 228 Å². The van der Waals surface area contributed by atoms with Crippen LogP contribution in [0.1, 0.15) is 162 Å². The minimum absolute atomic E-state index is 0.0634. The molecule has 9 aromatic carbocycles. The summed E-state index contributed by atoms with van der Waals surface area (Å²) in [6, 6.07) is 53.5. The van der Waals surface area contributed by atoms with Crippen LogP contribution >= 0.6 is 0 Å². The number of hydrogen-bond donors (Lipinski definition) is 0. The Kier molecular flexibility index (Phi) is 15.7. The number of fused-ring (bicyclic) bond motifs is 4. The van der Waals surface area contributed by atoms with Gasteiger partial charge in [-0.2, -0.15) is 0 Å². The largest absolute Gasteiger partial charge is 0.311 e. The molecule has 0 saturated heterocycles. The molecule has 0 fully saturated rings. The van der Waals surface area contributed by atoms with E-state index in [1.54, 1.807) is 0 Å². The summed E-state index contributed by atoms with van der Waals surface area (Å²) in [7, 11) is 0. The fraction of sp³-hybridized carbons (Fsp3) is 0.333. The van der Waals surface area contributed by atoms with Crippen molar-refractivity contribution in [1.82, 2.24) is 0 Å². The maximum atomic E-state index is 2.70. The Hall–Kier alpha value is -7.76. The first-order valence-electron chi connectivity index (χ1n) is 32.0. The fourth-order valence-electron chi connectivity index (χ4n) is 15.2. The Morgan fingerprint density at radius 1 is 0.302 bits per heavy atom. The van der Waals surface area contributed by atoms with Crippen molar-refractivity contribution in [3.63, 3.8) is 0 Å². The van der Waals surface area contributed by atoms with Crippen LogP contribution in [0.5, 0.6) is 0 Å². The zero-order chi connectivity index (χ0) is 61.7. The second-order valence-corrected chi connectivity index (χ2v) is 27.2. The summed E-state index contributed by atoms with van der Waals surface area (Å²) in [5.41, 5.74) is 40.2. The van der Waals surface area contributed by atoms with E-state index in [-0.39, 0.29) is 17.5 Å². The Morgan fingerprint density at radius 3 is 0.814 bits per heavy atom. The van der Waals surface area contributed by atoms with Crippen molar-refractivity contribution < 1.29 is 0 Å². The first kappa shape index (κ1) is 60.0. The molecular formula is C81H93BN4. The van der Waals surface area contributed by atoms with Crippen LogP contribution in [0.15, 0.2) is 133 Å². The monoisotopic (exact) mass is 1130 g/mol. The van der Waals surface area contributed by atoms with Gasteiger partial charge in [0.2, 0.25) is 0 Å². The number of nitrogens with zero attached hydrogens (tertiary/aromatic N) is 4. The molecule has 0 aromatic heterocycles. The highest BCUT2D eigenvalue weighted by Crippen LogP contribution is 2.52. The summed E-state index contributed by atoms with van der Waals surface area (Å²) in [5, 5.41) is 0. The lowest BCUT2D eigenvalue weighted by molar-refractivity contribution is 0.438. The van der Waals surface area contributed by atoms with Crippen LogP contribution in [0.3, 0.4) is 0 Å².